The molecule has 0 saturated carbocycles. The molecule has 0 fully saturated rings. The molecule has 1 amide bonds. The number of rotatable bonds is 6. The van der Waals surface area contributed by atoms with Crippen molar-refractivity contribution in [3.8, 4) is 0 Å². The molecule has 118 valence electrons. The van der Waals surface area contributed by atoms with Gasteiger partial charge in [-0.05, 0) is 18.2 Å². The van der Waals surface area contributed by atoms with E-state index in [1.165, 1.54) is 6.07 Å². The van der Waals surface area contributed by atoms with Gasteiger partial charge in [0.15, 0.2) is 0 Å². The van der Waals surface area contributed by atoms with Crippen molar-refractivity contribution in [1.82, 2.24) is 5.32 Å². The second-order valence-corrected chi connectivity index (χ2v) is 4.59. The Bertz CT molecular complexity index is 490. The molecule has 1 aromatic carbocycles. The maximum Gasteiger partial charge on any atom is 0.411 e. The third-order valence-corrected chi connectivity index (χ3v) is 2.54. The van der Waals surface area contributed by atoms with Crippen molar-refractivity contribution in [2.75, 3.05) is 44.5 Å². The number of ether oxygens (including phenoxy) is 1. The van der Waals surface area contributed by atoms with E-state index in [4.69, 9.17) is 5.73 Å². The van der Waals surface area contributed by atoms with Gasteiger partial charge in [0.05, 0.1) is 12.2 Å². The number of benzene rings is 1. The predicted molar refractivity (Wildman–Crippen MR) is 74.4 cm³/mol. The van der Waals surface area contributed by atoms with Crippen LogP contribution in [0.5, 0.6) is 0 Å². The zero-order valence-corrected chi connectivity index (χ0v) is 11.8. The first-order valence-corrected chi connectivity index (χ1v) is 6.20. The van der Waals surface area contributed by atoms with Crippen molar-refractivity contribution >= 4 is 17.3 Å². The topological polar surface area (TPSA) is 67.6 Å². The van der Waals surface area contributed by atoms with E-state index in [0.29, 0.717) is 16.9 Å². The zero-order valence-electron chi connectivity index (χ0n) is 11.8. The number of nitrogens with one attached hydrogen (secondary N) is 1. The van der Waals surface area contributed by atoms with Gasteiger partial charge >= 0.3 is 6.18 Å². The Hall–Kier alpha value is -1.96. The summed E-state index contributed by atoms with van der Waals surface area (Å²) in [5, 5.41) is 2.49. The average molecular weight is 305 g/mol. The fourth-order valence-electron chi connectivity index (χ4n) is 1.65. The van der Waals surface area contributed by atoms with Gasteiger partial charge in [-0.3, -0.25) is 4.79 Å². The quantitative estimate of drug-likeness (QED) is 0.619. The molecule has 3 N–H and O–H groups in total. The molecule has 8 heteroatoms. The molecular formula is C13H18F3N3O2. The summed E-state index contributed by atoms with van der Waals surface area (Å²) in [5.74, 6) is -0.415. The Morgan fingerprint density at radius 2 is 2.05 bits per heavy atom. The largest absolute Gasteiger partial charge is 0.411 e. The lowest BCUT2D eigenvalue weighted by Crippen LogP contribution is -2.30. The van der Waals surface area contributed by atoms with Crippen LogP contribution < -0.4 is 16.0 Å². The van der Waals surface area contributed by atoms with Crippen LogP contribution in [0.2, 0.25) is 0 Å². The van der Waals surface area contributed by atoms with Crippen LogP contribution in [0.15, 0.2) is 18.2 Å². The molecule has 0 unspecified atom stereocenters. The number of halogens is 3. The number of nitrogens with two attached hydrogens (primary N) is 1. The second-order valence-electron chi connectivity index (χ2n) is 4.59. The van der Waals surface area contributed by atoms with Crippen LogP contribution in [-0.2, 0) is 4.74 Å². The van der Waals surface area contributed by atoms with Crippen LogP contribution in [0.3, 0.4) is 0 Å². The molecule has 21 heavy (non-hydrogen) atoms. The van der Waals surface area contributed by atoms with Crippen molar-refractivity contribution in [3.63, 3.8) is 0 Å². The minimum atomic E-state index is -4.37. The fourth-order valence-corrected chi connectivity index (χ4v) is 1.65. The summed E-state index contributed by atoms with van der Waals surface area (Å²) in [6.45, 7) is -1.56. The van der Waals surface area contributed by atoms with Crippen LogP contribution in [0.4, 0.5) is 24.5 Å². The summed E-state index contributed by atoms with van der Waals surface area (Å²) in [4.78, 5) is 13.8. The third kappa shape index (κ3) is 5.90. The number of carbonyl (C=O) groups is 1. The van der Waals surface area contributed by atoms with Gasteiger partial charge in [-0.15, -0.1) is 0 Å². The van der Waals surface area contributed by atoms with E-state index in [1.54, 1.807) is 31.1 Å². The first-order valence-electron chi connectivity index (χ1n) is 6.20. The van der Waals surface area contributed by atoms with E-state index < -0.39 is 18.7 Å². The van der Waals surface area contributed by atoms with Gasteiger partial charge in [0.2, 0.25) is 0 Å². The summed E-state index contributed by atoms with van der Waals surface area (Å²) in [6, 6.07) is 4.88. The normalized spacial score (nSPS) is 11.3. The maximum absolute atomic E-state index is 12.0. The van der Waals surface area contributed by atoms with Crippen LogP contribution >= 0.6 is 0 Å². The standard InChI is InChI=1S/C13H18F3N3O2/c1-19(2)11-4-3-9(17)7-10(11)12(20)18-5-6-21-8-13(14,15)16/h3-4,7H,5-6,8,17H2,1-2H3,(H,18,20). The number of nitrogens with zero attached hydrogens (tertiary/aromatic N) is 1. The Morgan fingerprint density at radius 3 is 2.62 bits per heavy atom. The average Bonchev–Trinajstić information content (AvgIpc) is 2.36. The van der Waals surface area contributed by atoms with Crippen LogP contribution in [0.1, 0.15) is 10.4 Å². The smallest absolute Gasteiger partial charge is 0.399 e. The number of alkyl halides is 3. The Kier molecular flexibility index (Phi) is 5.83. The van der Waals surface area contributed by atoms with Crippen molar-refractivity contribution in [1.29, 1.82) is 0 Å². The number of anilines is 2. The molecular weight excluding hydrogens is 287 g/mol. The lowest BCUT2D eigenvalue weighted by Gasteiger charge is -2.17. The lowest BCUT2D eigenvalue weighted by atomic mass is 10.1. The fraction of sp³-hybridized carbons (Fsp3) is 0.462. The number of hydrogen-bond acceptors (Lipinski definition) is 4. The molecule has 0 aliphatic rings. The predicted octanol–water partition coefficient (Wildman–Crippen LogP) is 1.64. The molecule has 5 nitrogen and oxygen atoms in total. The van der Waals surface area contributed by atoms with E-state index in [-0.39, 0.29) is 13.2 Å². The zero-order chi connectivity index (χ0) is 16.0. The van der Waals surface area contributed by atoms with E-state index in [9.17, 15) is 18.0 Å². The van der Waals surface area contributed by atoms with Crippen LogP contribution in [-0.4, -0.2) is 45.9 Å². The summed E-state index contributed by atoms with van der Waals surface area (Å²) in [5.41, 5.74) is 7.09. The number of carbonyl (C=O) groups excluding carboxylic acids is 1. The highest BCUT2D eigenvalue weighted by molar-refractivity contribution is 6.00. The van der Waals surface area contributed by atoms with Gasteiger partial charge in [-0.2, -0.15) is 13.2 Å². The monoisotopic (exact) mass is 305 g/mol. The lowest BCUT2D eigenvalue weighted by molar-refractivity contribution is -0.173. The van der Waals surface area contributed by atoms with Crippen molar-refractivity contribution < 1.29 is 22.7 Å². The minimum Gasteiger partial charge on any atom is -0.399 e. The molecule has 0 atom stereocenters. The molecule has 0 spiro atoms. The van der Waals surface area contributed by atoms with E-state index in [2.05, 4.69) is 10.1 Å². The van der Waals surface area contributed by atoms with Gasteiger partial charge in [0.25, 0.3) is 5.91 Å². The molecule has 0 radical (unpaired) electrons. The molecule has 0 aromatic heterocycles. The number of nitrogen functional groups attached to an aromatic ring is 1. The number of amides is 1. The summed E-state index contributed by atoms with van der Waals surface area (Å²) >= 11 is 0. The Morgan fingerprint density at radius 1 is 1.38 bits per heavy atom. The molecule has 1 aromatic rings. The first kappa shape index (κ1) is 17.1. The summed E-state index contributed by atoms with van der Waals surface area (Å²) in [7, 11) is 3.55. The summed E-state index contributed by atoms with van der Waals surface area (Å²) in [6.07, 6.45) is -4.37. The third-order valence-electron chi connectivity index (χ3n) is 2.54. The van der Waals surface area contributed by atoms with Crippen molar-refractivity contribution in [2.45, 2.75) is 6.18 Å². The highest BCUT2D eigenvalue weighted by Gasteiger charge is 2.27. The summed E-state index contributed by atoms with van der Waals surface area (Å²) < 4.78 is 40.0. The van der Waals surface area contributed by atoms with E-state index in [0.717, 1.165) is 0 Å². The van der Waals surface area contributed by atoms with Gasteiger partial charge < -0.3 is 20.7 Å². The second kappa shape index (κ2) is 7.16. The highest BCUT2D eigenvalue weighted by Crippen LogP contribution is 2.21. The Labute approximate surface area is 120 Å². The molecule has 0 heterocycles. The van der Waals surface area contributed by atoms with Crippen molar-refractivity contribution in [3.05, 3.63) is 23.8 Å². The molecule has 1 rings (SSSR count). The molecule has 0 bridgehead atoms. The van der Waals surface area contributed by atoms with E-state index in [1.807, 2.05) is 0 Å². The van der Waals surface area contributed by atoms with Gasteiger partial charge in [-0.25, -0.2) is 0 Å². The number of hydrogen-bond donors (Lipinski definition) is 2. The van der Waals surface area contributed by atoms with Crippen LogP contribution in [0, 0.1) is 0 Å². The van der Waals surface area contributed by atoms with Gasteiger partial charge in [0.1, 0.15) is 6.61 Å². The van der Waals surface area contributed by atoms with Gasteiger partial charge in [-0.1, -0.05) is 0 Å². The molecule has 0 aliphatic heterocycles. The highest BCUT2D eigenvalue weighted by atomic mass is 19.4. The van der Waals surface area contributed by atoms with Crippen molar-refractivity contribution in [2.24, 2.45) is 0 Å². The van der Waals surface area contributed by atoms with E-state index >= 15 is 0 Å². The first-order chi connectivity index (χ1) is 9.70. The Balaban J connectivity index is 2.54. The van der Waals surface area contributed by atoms with Crippen LogP contribution in [0.25, 0.3) is 0 Å². The SMILES string of the molecule is CN(C)c1ccc(N)cc1C(=O)NCCOCC(F)(F)F. The molecule has 0 aliphatic carbocycles. The minimum absolute atomic E-state index is 0.0173. The molecule has 0 saturated heterocycles. The van der Waals surface area contributed by atoms with Gasteiger partial charge in [0, 0.05) is 32.0 Å². The maximum atomic E-state index is 12.0.